The molecule has 0 unspecified atom stereocenters. The van der Waals surface area contributed by atoms with E-state index in [0.29, 0.717) is 0 Å². The van der Waals surface area contributed by atoms with Crippen molar-refractivity contribution in [3.8, 4) is 0 Å². The largest absolute Gasteiger partial charge is 0.254 e. The molecule has 0 N–H and O–H groups in total. The summed E-state index contributed by atoms with van der Waals surface area (Å²) in [6, 6.07) is 5.87. The molecule has 0 aliphatic rings. The van der Waals surface area contributed by atoms with Crippen LogP contribution in [0.3, 0.4) is 0 Å². The Bertz CT molecular complexity index is 228. The van der Waals surface area contributed by atoms with Crippen molar-refractivity contribution in [1.29, 1.82) is 0 Å². The molecule has 66 valence electrons. The van der Waals surface area contributed by atoms with Gasteiger partial charge in [-0.1, -0.05) is 32.9 Å². The molecule has 0 amide bonds. The van der Waals surface area contributed by atoms with Crippen LogP contribution in [0, 0.1) is 6.92 Å². The van der Waals surface area contributed by atoms with Crippen LogP contribution in [0.15, 0.2) is 24.8 Å². The van der Waals surface area contributed by atoms with Crippen LogP contribution in [0.2, 0.25) is 0 Å². The quantitative estimate of drug-likeness (QED) is 0.618. The third kappa shape index (κ3) is 4.67. The van der Waals surface area contributed by atoms with Gasteiger partial charge in [0.15, 0.2) is 0 Å². The number of nitrogens with zero attached hydrogens (tertiary/aromatic N) is 1. The van der Waals surface area contributed by atoms with Crippen LogP contribution >= 0.6 is 0 Å². The van der Waals surface area contributed by atoms with Crippen molar-refractivity contribution in [1.82, 2.24) is 4.98 Å². The Morgan fingerprint density at radius 2 is 2.00 bits per heavy atom. The van der Waals surface area contributed by atoms with Gasteiger partial charge < -0.3 is 0 Å². The molecule has 0 aromatic carbocycles. The number of aryl methyl sites for hydroxylation is 1. The third-order valence-corrected chi connectivity index (χ3v) is 1.12. The van der Waals surface area contributed by atoms with Crippen LogP contribution in [-0.4, -0.2) is 4.98 Å². The van der Waals surface area contributed by atoms with E-state index in [4.69, 9.17) is 0 Å². The van der Waals surface area contributed by atoms with Crippen molar-refractivity contribution in [2.24, 2.45) is 0 Å². The zero-order valence-corrected chi connectivity index (χ0v) is 8.17. The monoisotopic (exact) mass is 163 g/mol. The minimum atomic E-state index is 0.940. The van der Waals surface area contributed by atoms with Crippen molar-refractivity contribution in [3.05, 3.63) is 36.2 Å². The van der Waals surface area contributed by atoms with E-state index in [1.54, 1.807) is 6.08 Å². The van der Waals surface area contributed by atoms with Gasteiger partial charge in [-0.25, -0.2) is 0 Å². The molecule has 0 saturated carbocycles. The first kappa shape index (κ1) is 10.9. The van der Waals surface area contributed by atoms with Gasteiger partial charge in [0.25, 0.3) is 0 Å². The molecular formula is C11H17N. The lowest BCUT2D eigenvalue weighted by Crippen LogP contribution is -1.81. The van der Waals surface area contributed by atoms with Gasteiger partial charge in [0.05, 0.1) is 5.69 Å². The highest BCUT2D eigenvalue weighted by Crippen LogP contribution is 1.97. The van der Waals surface area contributed by atoms with Crippen molar-refractivity contribution in [2.45, 2.75) is 27.2 Å². The van der Waals surface area contributed by atoms with Gasteiger partial charge in [-0.2, -0.15) is 0 Å². The summed E-state index contributed by atoms with van der Waals surface area (Å²) in [7, 11) is 0. The molecule has 0 atom stereocenters. The minimum absolute atomic E-state index is 0.940. The zero-order valence-electron chi connectivity index (χ0n) is 8.17. The van der Waals surface area contributed by atoms with Crippen LogP contribution in [0.5, 0.6) is 0 Å². The Morgan fingerprint density at radius 3 is 2.33 bits per heavy atom. The smallest absolute Gasteiger partial charge is 0.0626 e. The van der Waals surface area contributed by atoms with Crippen LogP contribution < -0.4 is 0 Å². The van der Waals surface area contributed by atoms with Gasteiger partial charge >= 0.3 is 0 Å². The SMILES string of the molecule is C=Cc1cccc(C)n1.CCC. The Hall–Kier alpha value is -1.11. The molecular weight excluding hydrogens is 146 g/mol. The van der Waals surface area contributed by atoms with E-state index in [9.17, 15) is 0 Å². The van der Waals surface area contributed by atoms with E-state index in [1.165, 1.54) is 6.42 Å². The standard InChI is InChI=1S/C8H9N.C3H8/c1-3-8-6-4-5-7(2)9-8;1-3-2/h3-6H,1H2,2H3;3H2,1-2H3. The highest BCUT2D eigenvalue weighted by atomic mass is 14.7. The predicted octanol–water partition coefficient (Wildman–Crippen LogP) is 3.45. The summed E-state index contributed by atoms with van der Waals surface area (Å²) in [4.78, 5) is 4.17. The van der Waals surface area contributed by atoms with Gasteiger partial charge in [0.1, 0.15) is 0 Å². The zero-order chi connectivity index (χ0) is 9.40. The lowest BCUT2D eigenvalue weighted by Gasteiger charge is -1.91. The van der Waals surface area contributed by atoms with Crippen molar-refractivity contribution < 1.29 is 0 Å². The van der Waals surface area contributed by atoms with Crippen molar-refractivity contribution in [2.75, 3.05) is 0 Å². The molecule has 1 aromatic rings. The predicted molar refractivity (Wildman–Crippen MR) is 55.0 cm³/mol. The van der Waals surface area contributed by atoms with Crippen LogP contribution in [-0.2, 0) is 0 Å². The second-order valence-corrected chi connectivity index (χ2v) is 2.62. The second kappa shape index (κ2) is 6.59. The maximum atomic E-state index is 4.17. The molecule has 0 aliphatic carbocycles. The van der Waals surface area contributed by atoms with E-state index < -0.39 is 0 Å². The van der Waals surface area contributed by atoms with Crippen molar-refractivity contribution >= 4 is 6.08 Å². The molecule has 0 saturated heterocycles. The lowest BCUT2D eigenvalue weighted by molar-refractivity contribution is 1.09. The summed E-state index contributed by atoms with van der Waals surface area (Å²) in [5.41, 5.74) is 1.97. The first-order valence-corrected chi connectivity index (χ1v) is 4.30. The summed E-state index contributed by atoms with van der Waals surface area (Å²) >= 11 is 0. The van der Waals surface area contributed by atoms with Crippen molar-refractivity contribution in [3.63, 3.8) is 0 Å². The average molecular weight is 163 g/mol. The molecule has 12 heavy (non-hydrogen) atoms. The molecule has 0 radical (unpaired) electrons. The second-order valence-electron chi connectivity index (χ2n) is 2.62. The first-order valence-electron chi connectivity index (χ1n) is 4.30. The average Bonchev–Trinajstić information content (AvgIpc) is 2.06. The minimum Gasteiger partial charge on any atom is -0.254 e. The van der Waals surface area contributed by atoms with Gasteiger partial charge in [-0.05, 0) is 25.1 Å². The fourth-order valence-corrected chi connectivity index (χ4v) is 0.678. The first-order chi connectivity index (χ1) is 5.74. The highest BCUT2D eigenvalue weighted by Gasteiger charge is 1.84. The van der Waals surface area contributed by atoms with Gasteiger partial charge in [-0.3, -0.25) is 4.98 Å². The summed E-state index contributed by atoms with van der Waals surface area (Å²) in [5, 5.41) is 0. The normalized spacial score (nSPS) is 8.25. The maximum Gasteiger partial charge on any atom is 0.0626 e. The molecule has 1 nitrogen and oxygen atoms in total. The van der Waals surface area contributed by atoms with E-state index in [1.807, 2.05) is 25.1 Å². The molecule has 1 rings (SSSR count). The summed E-state index contributed by atoms with van der Waals surface area (Å²) in [6.45, 7) is 9.82. The van der Waals surface area contributed by atoms with Crippen LogP contribution in [0.1, 0.15) is 31.7 Å². The van der Waals surface area contributed by atoms with Crippen LogP contribution in [0.4, 0.5) is 0 Å². The molecule has 0 aliphatic heterocycles. The Labute approximate surface area is 75.2 Å². The fourth-order valence-electron chi connectivity index (χ4n) is 0.678. The topological polar surface area (TPSA) is 12.9 Å². The molecule has 0 bridgehead atoms. The molecule has 0 fully saturated rings. The lowest BCUT2D eigenvalue weighted by atomic mass is 10.3. The number of pyridine rings is 1. The molecule has 1 heteroatoms. The molecule has 1 aromatic heterocycles. The summed E-state index contributed by atoms with van der Waals surface area (Å²) in [6.07, 6.45) is 2.99. The number of hydrogen-bond acceptors (Lipinski definition) is 1. The van der Waals surface area contributed by atoms with Gasteiger partial charge in [0.2, 0.25) is 0 Å². The van der Waals surface area contributed by atoms with Crippen LogP contribution in [0.25, 0.3) is 6.08 Å². The number of aromatic nitrogens is 1. The summed E-state index contributed by atoms with van der Waals surface area (Å²) < 4.78 is 0. The van der Waals surface area contributed by atoms with E-state index in [-0.39, 0.29) is 0 Å². The number of rotatable bonds is 1. The van der Waals surface area contributed by atoms with E-state index in [2.05, 4.69) is 25.4 Å². The highest BCUT2D eigenvalue weighted by molar-refractivity contribution is 5.41. The summed E-state index contributed by atoms with van der Waals surface area (Å²) in [5.74, 6) is 0. The Morgan fingerprint density at radius 1 is 1.42 bits per heavy atom. The van der Waals surface area contributed by atoms with Gasteiger partial charge in [0, 0.05) is 5.69 Å². The Kier molecular flexibility index (Phi) is 5.98. The molecule has 0 spiro atoms. The third-order valence-electron chi connectivity index (χ3n) is 1.12. The van der Waals surface area contributed by atoms with E-state index >= 15 is 0 Å². The van der Waals surface area contributed by atoms with Gasteiger partial charge in [-0.15, -0.1) is 0 Å². The fraction of sp³-hybridized carbons (Fsp3) is 0.364. The number of hydrogen-bond donors (Lipinski definition) is 0. The maximum absolute atomic E-state index is 4.17. The molecule has 1 heterocycles. The van der Waals surface area contributed by atoms with E-state index in [0.717, 1.165) is 11.4 Å². The Balaban J connectivity index is 0.000000354.